The van der Waals surface area contributed by atoms with Crippen LogP contribution in [0.15, 0.2) is 71.6 Å². The van der Waals surface area contributed by atoms with Crippen molar-refractivity contribution < 1.29 is 22.7 Å². The first kappa shape index (κ1) is 32.0. The molecule has 41 heavy (non-hydrogen) atoms. The number of carbonyl (C=O) groups excluding carboxylic acids is 2. The first-order valence-electron chi connectivity index (χ1n) is 13.2. The van der Waals surface area contributed by atoms with Crippen LogP contribution in [0.1, 0.15) is 44.4 Å². The molecule has 0 fully saturated rings. The van der Waals surface area contributed by atoms with Gasteiger partial charge in [-0.2, -0.15) is 0 Å². The highest BCUT2D eigenvalue weighted by molar-refractivity contribution is 7.92. The van der Waals surface area contributed by atoms with Crippen molar-refractivity contribution in [1.29, 1.82) is 0 Å². The minimum Gasteiger partial charge on any atom is -0.497 e. The quantitative estimate of drug-likeness (QED) is 0.332. The fourth-order valence-electron chi connectivity index (χ4n) is 4.24. The van der Waals surface area contributed by atoms with Gasteiger partial charge in [-0.1, -0.05) is 47.5 Å². The summed E-state index contributed by atoms with van der Waals surface area (Å²) in [7, 11) is -2.65. The lowest BCUT2D eigenvalue weighted by molar-refractivity contribution is -0.140. The summed E-state index contributed by atoms with van der Waals surface area (Å²) in [6, 6.07) is 17.6. The maximum absolute atomic E-state index is 14.1. The standard InChI is InChI=1S/C31H38ClN3O5S/c1-21-14-16-26(17-15-21)41(38,39)35(28-13-9-12-27(32)22(28)2)20-29(36)34(23(3)30(37)33-31(4,5)6)19-24-10-8-11-25(18-24)40-7/h8-18,23H,19-20H2,1-7H3,(H,33,37)/t23-/m1/s1. The molecule has 3 rings (SSSR count). The normalized spacial score (nSPS) is 12.4. The molecule has 0 bridgehead atoms. The molecule has 2 amide bonds. The van der Waals surface area contributed by atoms with E-state index < -0.39 is 34.1 Å². The Labute approximate surface area is 248 Å². The van der Waals surface area contributed by atoms with Crippen LogP contribution >= 0.6 is 11.6 Å². The van der Waals surface area contributed by atoms with Crippen LogP contribution < -0.4 is 14.4 Å². The Morgan fingerprint density at radius 1 is 1.00 bits per heavy atom. The minimum absolute atomic E-state index is 0.0353. The van der Waals surface area contributed by atoms with E-state index in [0.717, 1.165) is 15.4 Å². The zero-order valence-electron chi connectivity index (χ0n) is 24.6. The third kappa shape index (κ3) is 8.01. The summed E-state index contributed by atoms with van der Waals surface area (Å²) in [6.07, 6.45) is 0. The molecule has 0 aliphatic rings. The van der Waals surface area contributed by atoms with E-state index in [1.54, 1.807) is 69.5 Å². The lowest BCUT2D eigenvalue weighted by atomic mass is 10.1. The highest BCUT2D eigenvalue weighted by Crippen LogP contribution is 2.31. The summed E-state index contributed by atoms with van der Waals surface area (Å²) >= 11 is 6.38. The van der Waals surface area contributed by atoms with Crippen molar-refractivity contribution in [3.8, 4) is 5.75 Å². The van der Waals surface area contributed by atoms with E-state index >= 15 is 0 Å². The van der Waals surface area contributed by atoms with Gasteiger partial charge in [-0.25, -0.2) is 8.42 Å². The van der Waals surface area contributed by atoms with Crippen molar-refractivity contribution in [2.24, 2.45) is 0 Å². The number of methoxy groups -OCH3 is 1. The van der Waals surface area contributed by atoms with Gasteiger partial charge in [0.25, 0.3) is 10.0 Å². The first-order chi connectivity index (χ1) is 19.1. The lowest BCUT2D eigenvalue weighted by Gasteiger charge is -2.34. The van der Waals surface area contributed by atoms with Crippen molar-refractivity contribution in [2.45, 2.75) is 64.6 Å². The van der Waals surface area contributed by atoms with E-state index in [9.17, 15) is 18.0 Å². The zero-order valence-corrected chi connectivity index (χ0v) is 26.1. The van der Waals surface area contributed by atoms with Gasteiger partial charge in [-0.05, 0) is 89.1 Å². The summed E-state index contributed by atoms with van der Waals surface area (Å²) in [5.74, 6) is -0.320. The Balaban J connectivity index is 2.09. The largest absolute Gasteiger partial charge is 0.497 e. The van der Waals surface area contributed by atoms with Gasteiger partial charge in [0, 0.05) is 17.1 Å². The smallest absolute Gasteiger partial charge is 0.264 e. The second kappa shape index (κ2) is 13.0. The van der Waals surface area contributed by atoms with Crippen molar-refractivity contribution in [2.75, 3.05) is 18.0 Å². The molecule has 1 N–H and O–H groups in total. The van der Waals surface area contributed by atoms with Gasteiger partial charge in [0.2, 0.25) is 11.8 Å². The first-order valence-corrected chi connectivity index (χ1v) is 15.0. The molecule has 3 aromatic carbocycles. The number of benzene rings is 3. The number of aryl methyl sites for hydroxylation is 1. The molecule has 0 saturated heterocycles. The molecule has 0 saturated carbocycles. The summed E-state index contributed by atoms with van der Waals surface area (Å²) in [4.78, 5) is 28.8. The van der Waals surface area contributed by atoms with Crippen LogP contribution in [0.3, 0.4) is 0 Å². The monoisotopic (exact) mass is 599 g/mol. The second-order valence-electron chi connectivity index (χ2n) is 11.0. The molecule has 0 radical (unpaired) electrons. The Morgan fingerprint density at radius 2 is 1.63 bits per heavy atom. The van der Waals surface area contributed by atoms with Crippen molar-refractivity contribution in [3.05, 3.63) is 88.4 Å². The number of rotatable bonds is 10. The van der Waals surface area contributed by atoms with E-state index in [1.165, 1.54) is 17.0 Å². The SMILES string of the molecule is COc1cccc(CN(C(=O)CN(c2cccc(Cl)c2C)S(=O)(=O)c2ccc(C)cc2)[C@H](C)C(=O)NC(C)(C)C)c1. The zero-order chi connectivity index (χ0) is 30.5. The number of hydrogen-bond donors (Lipinski definition) is 1. The number of halogens is 1. The molecule has 0 heterocycles. The van der Waals surface area contributed by atoms with Gasteiger partial charge in [0.1, 0.15) is 18.3 Å². The minimum atomic E-state index is -4.19. The highest BCUT2D eigenvalue weighted by atomic mass is 35.5. The molecule has 0 spiro atoms. The average molecular weight is 600 g/mol. The van der Waals surface area contributed by atoms with Crippen molar-refractivity contribution in [1.82, 2.24) is 10.2 Å². The number of nitrogens with one attached hydrogen (secondary N) is 1. The number of amides is 2. The van der Waals surface area contributed by atoms with Crippen LogP contribution in [0, 0.1) is 13.8 Å². The lowest BCUT2D eigenvalue weighted by Crippen LogP contribution is -2.54. The number of hydrogen-bond acceptors (Lipinski definition) is 5. The van der Waals surface area contributed by atoms with Crippen molar-refractivity contribution in [3.63, 3.8) is 0 Å². The molecule has 0 aromatic heterocycles. The summed E-state index contributed by atoms with van der Waals surface area (Å²) in [6.45, 7) is 10.3. The molecule has 1 atom stereocenters. The molecule has 220 valence electrons. The molecular formula is C31H38ClN3O5S. The predicted octanol–water partition coefficient (Wildman–Crippen LogP) is 5.49. The van der Waals surface area contributed by atoms with Crippen LogP contribution in [-0.2, 0) is 26.2 Å². The molecule has 0 aliphatic carbocycles. The maximum atomic E-state index is 14.1. The predicted molar refractivity (Wildman–Crippen MR) is 163 cm³/mol. The van der Waals surface area contributed by atoms with E-state index in [2.05, 4.69) is 5.32 Å². The van der Waals surface area contributed by atoms with Gasteiger partial charge in [-0.15, -0.1) is 0 Å². The van der Waals surface area contributed by atoms with E-state index in [-0.39, 0.29) is 23.0 Å². The molecular weight excluding hydrogens is 562 g/mol. The number of ether oxygens (including phenoxy) is 1. The van der Waals surface area contributed by atoms with Gasteiger partial charge in [0.05, 0.1) is 17.7 Å². The second-order valence-corrected chi connectivity index (χ2v) is 13.3. The summed E-state index contributed by atoms with van der Waals surface area (Å²) in [5, 5.41) is 3.28. The molecule has 3 aromatic rings. The summed E-state index contributed by atoms with van der Waals surface area (Å²) in [5.41, 5.74) is 1.87. The van der Waals surface area contributed by atoms with Gasteiger partial charge in [0.15, 0.2) is 0 Å². The maximum Gasteiger partial charge on any atom is 0.264 e. The number of carbonyl (C=O) groups is 2. The summed E-state index contributed by atoms with van der Waals surface area (Å²) < 4.78 is 34.4. The van der Waals surface area contributed by atoms with E-state index in [0.29, 0.717) is 16.3 Å². The Kier molecular flexibility index (Phi) is 10.1. The van der Waals surface area contributed by atoms with Crippen LogP contribution in [0.2, 0.25) is 5.02 Å². The highest BCUT2D eigenvalue weighted by Gasteiger charge is 2.34. The Morgan fingerprint density at radius 3 is 2.24 bits per heavy atom. The van der Waals surface area contributed by atoms with E-state index in [1.807, 2.05) is 33.8 Å². The fraction of sp³-hybridized carbons (Fsp3) is 0.355. The number of anilines is 1. The van der Waals surface area contributed by atoms with E-state index in [4.69, 9.17) is 16.3 Å². The van der Waals surface area contributed by atoms with Gasteiger partial charge < -0.3 is 15.0 Å². The van der Waals surface area contributed by atoms with Crippen LogP contribution in [-0.4, -0.2) is 50.4 Å². The van der Waals surface area contributed by atoms with Crippen LogP contribution in [0.4, 0.5) is 5.69 Å². The topological polar surface area (TPSA) is 96.0 Å². The molecule has 8 nitrogen and oxygen atoms in total. The molecule has 10 heteroatoms. The van der Waals surface area contributed by atoms with Gasteiger partial charge >= 0.3 is 0 Å². The Bertz CT molecular complexity index is 1500. The molecule has 0 unspecified atom stereocenters. The number of sulfonamides is 1. The van der Waals surface area contributed by atoms with Gasteiger partial charge in [-0.3, -0.25) is 13.9 Å². The third-order valence-corrected chi connectivity index (χ3v) is 8.73. The molecule has 0 aliphatic heterocycles. The average Bonchev–Trinajstić information content (AvgIpc) is 2.91. The fourth-order valence-corrected chi connectivity index (χ4v) is 5.88. The van der Waals surface area contributed by atoms with Crippen molar-refractivity contribution >= 4 is 39.1 Å². The van der Waals surface area contributed by atoms with Crippen LogP contribution in [0.5, 0.6) is 5.75 Å². The third-order valence-electron chi connectivity index (χ3n) is 6.55. The Hall–Kier alpha value is -3.56. The number of nitrogens with zero attached hydrogens (tertiary/aromatic N) is 2. The van der Waals surface area contributed by atoms with Crippen LogP contribution in [0.25, 0.3) is 0 Å².